The summed E-state index contributed by atoms with van der Waals surface area (Å²) >= 11 is 0. The van der Waals surface area contributed by atoms with Crippen LogP contribution in [0.1, 0.15) is 26.2 Å². The Kier molecular flexibility index (Phi) is 3.66. The topological polar surface area (TPSA) is 60.9 Å². The van der Waals surface area contributed by atoms with E-state index in [4.69, 9.17) is 5.11 Å². The summed E-state index contributed by atoms with van der Waals surface area (Å²) in [4.78, 5) is 26.7. The van der Waals surface area contributed by atoms with Gasteiger partial charge < -0.3 is 10.0 Å². The molecule has 0 aliphatic carbocycles. The summed E-state index contributed by atoms with van der Waals surface area (Å²) in [6, 6.07) is 0.427. The Balaban J connectivity index is 1.91. The highest BCUT2D eigenvalue weighted by molar-refractivity contribution is 5.86. The fourth-order valence-electron chi connectivity index (χ4n) is 2.89. The Morgan fingerprint density at radius 2 is 2.29 bits per heavy atom. The van der Waals surface area contributed by atoms with Crippen molar-refractivity contribution in [1.82, 2.24) is 9.80 Å². The number of aliphatic carboxylic acids is 1. The summed E-state index contributed by atoms with van der Waals surface area (Å²) in [7, 11) is 0. The average Bonchev–Trinajstić information content (AvgIpc) is 2.87. The molecule has 1 N–H and O–H groups in total. The number of rotatable bonds is 4. The minimum atomic E-state index is -0.848. The van der Waals surface area contributed by atoms with Crippen LogP contribution in [0, 0.1) is 5.92 Å². The molecule has 2 heterocycles. The first-order valence-electron chi connectivity index (χ1n) is 6.36. The molecule has 0 radical (unpaired) electrons. The zero-order valence-corrected chi connectivity index (χ0v) is 10.3. The highest BCUT2D eigenvalue weighted by Gasteiger charge is 2.36. The third kappa shape index (κ3) is 2.60. The summed E-state index contributed by atoms with van der Waals surface area (Å²) in [6.45, 7) is 5.34. The molecule has 1 amide bonds. The molecular weight excluding hydrogens is 220 g/mol. The van der Waals surface area contributed by atoms with Gasteiger partial charge in [0.15, 0.2) is 0 Å². The Hall–Kier alpha value is -1.10. The summed E-state index contributed by atoms with van der Waals surface area (Å²) in [6.07, 6.45) is 2.48. The van der Waals surface area contributed by atoms with Crippen LogP contribution < -0.4 is 0 Å². The van der Waals surface area contributed by atoms with E-state index in [2.05, 4.69) is 11.8 Å². The Bertz CT molecular complexity index is 319. The van der Waals surface area contributed by atoms with Gasteiger partial charge in [-0.15, -0.1) is 0 Å². The molecule has 5 nitrogen and oxygen atoms in total. The van der Waals surface area contributed by atoms with Crippen LogP contribution in [-0.2, 0) is 9.59 Å². The number of hydrogen-bond acceptors (Lipinski definition) is 3. The van der Waals surface area contributed by atoms with Gasteiger partial charge in [0.25, 0.3) is 0 Å². The number of carbonyl (C=O) groups excluding carboxylic acids is 1. The van der Waals surface area contributed by atoms with Gasteiger partial charge in [0.2, 0.25) is 5.91 Å². The number of likely N-dealkylation sites (tertiary alicyclic amines) is 2. The monoisotopic (exact) mass is 240 g/mol. The minimum Gasteiger partial charge on any atom is -0.481 e. The van der Waals surface area contributed by atoms with Crippen LogP contribution in [0.5, 0.6) is 0 Å². The number of carboxylic acids is 1. The van der Waals surface area contributed by atoms with Crippen molar-refractivity contribution in [1.29, 1.82) is 0 Å². The number of carboxylic acid groups (broad SMARTS) is 1. The molecule has 0 saturated carbocycles. The van der Waals surface area contributed by atoms with Crippen molar-refractivity contribution in [2.75, 3.05) is 26.2 Å². The second-order valence-corrected chi connectivity index (χ2v) is 4.96. The lowest BCUT2D eigenvalue weighted by molar-refractivity contribution is -0.141. The average molecular weight is 240 g/mol. The van der Waals surface area contributed by atoms with Gasteiger partial charge >= 0.3 is 5.97 Å². The number of nitrogens with zero attached hydrogens (tertiary/aromatic N) is 2. The Morgan fingerprint density at radius 1 is 1.53 bits per heavy atom. The van der Waals surface area contributed by atoms with Crippen molar-refractivity contribution in [2.45, 2.75) is 32.2 Å². The zero-order valence-electron chi connectivity index (χ0n) is 10.3. The van der Waals surface area contributed by atoms with E-state index in [0.29, 0.717) is 19.1 Å². The van der Waals surface area contributed by atoms with Crippen molar-refractivity contribution in [3.63, 3.8) is 0 Å². The molecule has 5 heteroatoms. The Morgan fingerprint density at radius 3 is 2.88 bits per heavy atom. The van der Waals surface area contributed by atoms with Gasteiger partial charge in [0.1, 0.15) is 0 Å². The maximum Gasteiger partial charge on any atom is 0.308 e. The molecule has 0 bridgehead atoms. The minimum absolute atomic E-state index is 0.000327. The van der Waals surface area contributed by atoms with E-state index in [1.54, 1.807) is 4.90 Å². The quantitative estimate of drug-likeness (QED) is 0.773. The van der Waals surface area contributed by atoms with E-state index in [0.717, 1.165) is 19.5 Å². The van der Waals surface area contributed by atoms with Crippen molar-refractivity contribution in [3.8, 4) is 0 Å². The van der Waals surface area contributed by atoms with E-state index in [-0.39, 0.29) is 12.3 Å². The molecule has 2 rings (SSSR count). The lowest BCUT2D eigenvalue weighted by Crippen LogP contribution is -2.41. The molecule has 0 aromatic heterocycles. The van der Waals surface area contributed by atoms with Crippen LogP contribution >= 0.6 is 0 Å². The number of likely N-dealkylation sites (N-methyl/N-ethyl adjacent to an activating group) is 1. The normalized spacial score (nSPS) is 30.2. The fourth-order valence-corrected chi connectivity index (χ4v) is 2.89. The smallest absolute Gasteiger partial charge is 0.308 e. The first-order chi connectivity index (χ1) is 8.11. The summed E-state index contributed by atoms with van der Waals surface area (Å²) < 4.78 is 0. The largest absolute Gasteiger partial charge is 0.481 e. The van der Waals surface area contributed by atoms with Crippen LogP contribution in [-0.4, -0.2) is 59.0 Å². The fraction of sp³-hybridized carbons (Fsp3) is 0.833. The van der Waals surface area contributed by atoms with Crippen molar-refractivity contribution >= 4 is 11.9 Å². The SMILES string of the molecule is CCN1CCCC1CN1CC(C(=O)O)CC1=O. The second kappa shape index (κ2) is 5.04. The third-order valence-corrected chi connectivity index (χ3v) is 3.90. The summed E-state index contributed by atoms with van der Waals surface area (Å²) in [5, 5.41) is 8.92. The van der Waals surface area contributed by atoms with Crippen LogP contribution in [0.2, 0.25) is 0 Å². The molecule has 2 aliphatic rings. The lowest BCUT2D eigenvalue weighted by atomic mass is 10.1. The van der Waals surface area contributed by atoms with Crippen LogP contribution in [0.3, 0.4) is 0 Å². The predicted octanol–water partition coefficient (Wildman–Crippen LogP) is 0.404. The van der Waals surface area contributed by atoms with Gasteiger partial charge in [-0.1, -0.05) is 6.92 Å². The predicted molar refractivity (Wildman–Crippen MR) is 62.6 cm³/mol. The van der Waals surface area contributed by atoms with Crippen LogP contribution in [0.4, 0.5) is 0 Å². The van der Waals surface area contributed by atoms with E-state index >= 15 is 0 Å². The van der Waals surface area contributed by atoms with Gasteiger partial charge in [-0.05, 0) is 25.9 Å². The third-order valence-electron chi connectivity index (χ3n) is 3.90. The lowest BCUT2D eigenvalue weighted by Gasteiger charge is -2.27. The maximum atomic E-state index is 11.7. The summed E-state index contributed by atoms with van der Waals surface area (Å²) in [5.41, 5.74) is 0. The molecule has 96 valence electrons. The molecule has 0 aromatic carbocycles. The molecule has 2 saturated heterocycles. The van der Waals surface area contributed by atoms with E-state index < -0.39 is 11.9 Å². The summed E-state index contributed by atoms with van der Waals surface area (Å²) in [5.74, 6) is -1.35. The molecule has 0 aromatic rings. The van der Waals surface area contributed by atoms with E-state index in [1.807, 2.05) is 0 Å². The van der Waals surface area contributed by atoms with Crippen LogP contribution in [0.25, 0.3) is 0 Å². The molecule has 2 aliphatic heterocycles. The highest BCUT2D eigenvalue weighted by Crippen LogP contribution is 2.23. The van der Waals surface area contributed by atoms with Crippen molar-refractivity contribution < 1.29 is 14.7 Å². The number of carbonyl (C=O) groups is 2. The van der Waals surface area contributed by atoms with Gasteiger partial charge in [0.05, 0.1) is 5.92 Å². The zero-order chi connectivity index (χ0) is 12.4. The number of amides is 1. The highest BCUT2D eigenvalue weighted by atomic mass is 16.4. The van der Waals surface area contributed by atoms with Crippen molar-refractivity contribution in [2.24, 2.45) is 5.92 Å². The number of hydrogen-bond donors (Lipinski definition) is 1. The molecule has 17 heavy (non-hydrogen) atoms. The van der Waals surface area contributed by atoms with E-state index in [9.17, 15) is 9.59 Å². The first-order valence-corrected chi connectivity index (χ1v) is 6.36. The molecule has 2 unspecified atom stereocenters. The van der Waals surface area contributed by atoms with Gasteiger partial charge in [-0.3, -0.25) is 14.5 Å². The van der Waals surface area contributed by atoms with Gasteiger partial charge in [-0.2, -0.15) is 0 Å². The molecule has 2 fully saturated rings. The second-order valence-electron chi connectivity index (χ2n) is 4.96. The maximum absolute atomic E-state index is 11.7. The van der Waals surface area contributed by atoms with Gasteiger partial charge in [-0.25, -0.2) is 0 Å². The standard InChI is InChI=1S/C12H20N2O3/c1-2-13-5-3-4-10(13)8-14-7-9(12(16)17)6-11(14)15/h9-10H,2-8H2,1H3,(H,16,17). The molecular formula is C12H20N2O3. The van der Waals surface area contributed by atoms with Crippen LogP contribution in [0.15, 0.2) is 0 Å². The Labute approximate surface area is 101 Å². The molecule has 0 spiro atoms. The molecule has 2 atom stereocenters. The van der Waals surface area contributed by atoms with Crippen molar-refractivity contribution in [3.05, 3.63) is 0 Å². The van der Waals surface area contributed by atoms with E-state index in [1.165, 1.54) is 6.42 Å². The van der Waals surface area contributed by atoms with Gasteiger partial charge in [0, 0.05) is 25.6 Å². The first kappa shape index (κ1) is 12.4.